The summed E-state index contributed by atoms with van der Waals surface area (Å²) in [5.41, 5.74) is 4.94. The van der Waals surface area contributed by atoms with Crippen LogP contribution in [0.15, 0.2) is 53.6 Å². The van der Waals surface area contributed by atoms with Crippen LogP contribution < -0.4 is 0 Å². The van der Waals surface area contributed by atoms with Gasteiger partial charge in [0.25, 0.3) is 0 Å². The number of rotatable bonds is 3. The number of hydrogen-bond acceptors (Lipinski definition) is 3. The van der Waals surface area contributed by atoms with E-state index in [4.69, 9.17) is 23.2 Å². The van der Waals surface area contributed by atoms with Gasteiger partial charge in [-0.3, -0.25) is 4.40 Å². The first-order valence-corrected chi connectivity index (χ1v) is 9.71. The van der Waals surface area contributed by atoms with Crippen LogP contribution in [0.5, 0.6) is 0 Å². The second kappa shape index (κ2) is 6.85. The minimum atomic E-state index is 0.598. The van der Waals surface area contributed by atoms with Gasteiger partial charge >= 0.3 is 0 Å². The van der Waals surface area contributed by atoms with Gasteiger partial charge in [0.1, 0.15) is 6.07 Å². The number of hydrogen-bond donors (Lipinski definition) is 0. The molecule has 0 atom stereocenters. The Hall–Kier alpha value is -2.19. The number of benzene rings is 2. The van der Waals surface area contributed by atoms with Gasteiger partial charge in [0.05, 0.1) is 21.6 Å². The molecule has 0 aliphatic carbocycles. The molecule has 0 aliphatic rings. The summed E-state index contributed by atoms with van der Waals surface area (Å²) in [6, 6.07) is 17.7. The third-order valence-corrected chi connectivity index (χ3v) is 6.01. The lowest BCUT2D eigenvalue weighted by Crippen LogP contribution is -1.97. The van der Waals surface area contributed by atoms with Gasteiger partial charge in [0, 0.05) is 15.8 Å². The summed E-state index contributed by atoms with van der Waals surface area (Å²) in [4.78, 5) is 4.67. The molecule has 2 aromatic carbocycles. The molecular weight excluding hydrogens is 385 g/mol. The maximum Gasteiger partial charge on any atom is 0.157 e. The van der Waals surface area contributed by atoms with Gasteiger partial charge in [0.15, 0.2) is 5.65 Å². The van der Waals surface area contributed by atoms with Crippen LogP contribution in [0.2, 0.25) is 10.0 Å². The zero-order chi connectivity index (χ0) is 18.3. The Morgan fingerprint density at radius 1 is 1.12 bits per heavy atom. The van der Waals surface area contributed by atoms with E-state index in [2.05, 4.69) is 11.1 Å². The summed E-state index contributed by atoms with van der Waals surface area (Å²) >= 11 is 14.2. The molecule has 0 bridgehead atoms. The number of thioether (sulfide) groups is 1. The fourth-order valence-electron chi connectivity index (χ4n) is 2.98. The van der Waals surface area contributed by atoms with Gasteiger partial charge in [-0.1, -0.05) is 41.4 Å². The van der Waals surface area contributed by atoms with E-state index >= 15 is 0 Å². The highest BCUT2D eigenvalue weighted by atomic mass is 35.5. The Morgan fingerprint density at radius 3 is 2.58 bits per heavy atom. The summed E-state index contributed by atoms with van der Waals surface area (Å²) in [7, 11) is 0. The van der Waals surface area contributed by atoms with Crippen LogP contribution in [0.25, 0.3) is 16.7 Å². The lowest BCUT2D eigenvalue weighted by Gasteiger charge is -2.11. The average Bonchev–Trinajstić information content (AvgIpc) is 3.00. The number of para-hydroxylation sites is 2. The molecule has 0 radical (unpaired) electrons. The lowest BCUT2D eigenvalue weighted by atomic mass is 10.2. The molecule has 2 aromatic heterocycles. The number of halogens is 2. The third kappa shape index (κ3) is 2.83. The maximum atomic E-state index is 9.57. The molecule has 26 heavy (non-hydrogen) atoms. The van der Waals surface area contributed by atoms with Crippen molar-refractivity contribution in [1.29, 1.82) is 5.26 Å². The van der Waals surface area contributed by atoms with Crippen molar-refractivity contribution in [3.8, 4) is 6.07 Å². The molecule has 0 spiro atoms. The van der Waals surface area contributed by atoms with E-state index in [0.29, 0.717) is 27.0 Å². The van der Waals surface area contributed by atoms with Crippen molar-refractivity contribution < 1.29 is 0 Å². The van der Waals surface area contributed by atoms with E-state index in [-0.39, 0.29) is 0 Å². The standard InChI is InChI=1S/C20H13Cl2N3S/c1-12-9-19(26-11-14-15(21)5-4-6-16(14)22)25-18-8-3-2-7-17(18)24-20(25)13(12)10-23/h2-9H,11H2,1H3. The highest BCUT2D eigenvalue weighted by molar-refractivity contribution is 7.98. The smallest absolute Gasteiger partial charge is 0.157 e. The molecule has 4 aromatic rings. The largest absolute Gasteiger partial charge is 0.286 e. The van der Waals surface area contributed by atoms with Crippen LogP contribution >= 0.6 is 35.0 Å². The Morgan fingerprint density at radius 2 is 1.85 bits per heavy atom. The van der Waals surface area contributed by atoms with E-state index in [9.17, 15) is 5.26 Å². The number of aromatic nitrogens is 2. The minimum absolute atomic E-state index is 0.598. The van der Waals surface area contributed by atoms with Crippen LogP contribution in [0, 0.1) is 18.3 Å². The third-order valence-electron chi connectivity index (χ3n) is 4.28. The van der Waals surface area contributed by atoms with Gasteiger partial charge in [0.2, 0.25) is 0 Å². The number of pyridine rings is 1. The highest BCUT2D eigenvalue weighted by Crippen LogP contribution is 2.34. The van der Waals surface area contributed by atoms with Gasteiger partial charge in [-0.25, -0.2) is 4.98 Å². The number of nitrogens with zero attached hydrogens (tertiary/aromatic N) is 3. The minimum Gasteiger partial charge on any atom is -0.286 e. The van der Waals surface area contributed by atoms with E-state index in [1.54, 1.807) is 11.8 Å². The number of aryl methyl sites for hydroxylation is 1. The van der Waals surface area contributed by atoms with Crippen molar-refractivity contribution >= 4 is 51.6 Å². The quantitative estimate of drug-likeness (QED) is 0.382. The summed E-state index contributed by atoms with van der Waals surface area (Å²) < 4.78 is 2.04. The molecule has 0 N–H and O–H groups in total. The van der Waals surface area contributed by atoms with Crippen molar-refractivity contribution in [2.24, 2.45) is 0 Å². The van der Waals surface area contributed by atoms with Gasteiger partial charge in [-0.05, 0) is 48.4 Å². The van der Waals surface area contributed by atoms with Crippen LogP contribution in [-0.4, -0.2) is 9.38 Å². The van der Waals surface area contributed by atoms with Crippen molar-refractivity contribution in [2.45, 2.75) is 17.7 Å². The summed E-state index contributed by atoms with van der Waals surface area (Å²) in [5, 5.41) is 11.9. The summed E-state index contributed by atoms with van der Waals surface area (Å²) in [6.07, 6.45) is 0. The van der Waals surface area contributed by atoms with Crippen LogP contribution in [0.4, 0.5) is 0 Å². The Kier molecular flexibility index (Phi) is 4.54. The van der Waals surface area contributed by atoms with E-state index in [1.807, 2.05) is 59.9 Å². The van der Waals surface area contributed by atoms with Crippen molar-refractivity contribution in [3.63, 3.8) is 0 Å². The Labute approximate surface area is 165 Å². The molecule has 3 nitrogen and oxygen atoms in total. The second-order valence-corrected chi connectivity index (χ2v) is 7.71. The predicted octanol–water partition coefficient (Wildman–Crippen LogP) is 6.27. The molecule has 0 fully saturated rings. The monoisotopic (exact) mass is 397 g/mol. The first kappa shape index (κ1) is 17.2. The molecule has 0 amide bonds. The fourth-order valence-corrected chi connectivity index (χ4v) is 4.84. The highest BCUT2D eigenvalue weighted by Gasteiger charge is 2.16. The Balaban J connectivity index is 1.89. The molecular formula is C20H13Cl2N3S. The van der Waals surface area contributed by atoms with Crippen molar-refractivity contribution in [2.75, 3.05) is 0 Å². The lowest BCUT2D eigenvalue weighted by molar-refractivity contribution is 1.04. The molecule has 2 heterocycles. The van der Waals surface area contributed by atoms with Gasteiger partial charge < -0.3 is 0 Å². The fraction of sp³-hybridized carbons (Fsp3) is 0.100. The molecule has 4 rings (SSSR count). The predicted molar refractivity (Wildman–Crippen MR) is 108 cm³/mol. The summed E-state index contributed by atoms with van der Waals surface area (Å²) in [6.45, 7) is 1.93. The van der Waals surface area contributed by atoms with Crippen LogP contribution in [0.3, 0.4) is 0 Å². The zero-order valence-corrected chi connectivity index (χ0v) is 16.2. The number of fused-ring (bicyclic) bond motifs is 3. The van der Waals surface area contributed by atoms with Gasteiger partial charge in [-0.15, -0.1) is 11.8 Å². The molecule has 6 heteroatoms. The maximum absolute atomic E-state index is 9.57. The second-order valence-electron chi connectivity index (χ2n) is 5.90. The normalized spacial score (nSPS) is 11.2. The molecule has 0 saturated heterocycles. The molecule has 0 saturated carbocycles. The van der Waals surface area contributed by atoms with Crippen LogP contribution in [-0.2, 0) is 5.75 Å². The van der Waals surface area contributed by atoms with Crippen molar-refractivity contribution in [1.82, 2.24) is 9.38 Å². The van der Waals surface area contributed by atoms with E-state index in [0.717, 1.165) is 27.2 Å². The molecule has 128 valence electrons. The van der Waals surface area contributed by atoms with E-state index < -0.39 is 0 Å². The SMILES string of the molecule is Cc1cc(SCc2c(Cl)cccc2Cl)n2c(nc3ccccc32)c1C#N. The first-order chi connectivity index (χ1) is 12.6. The number of nitriles is 1. The zero-order valence-electron chi connectivity index (χ0n) is 13.8. The Bertz CT molecular complexity index is 1170. The summed E-state index contributed by atoms with van der Waals surface area (Å²) in [5.74, 6) is 0.630. The molecule has 0 aliphatic heterocycles. The average molecular weight is 398 g/mol. The first-order valence-electron chi connectivity index (χ1n) is 7.96. The van der Waals surface area contributed by atoms with E-state index in [1.165, 1.54) is 0 Å². The van der Waals surface area contributed by atoms with Crippen LogP contribution in [0.1, 0.15) is 16.7 Å². The van der Waals surface area contributed by atoms with Crippen molar-refractivity contribution in [3.05, 3.63) is 75.3 Å². The molecule has 0 unspecified atom stereocenters. The number of imidazole rings is 1. The topological polar surface area (TPSA) is 41.1 Å². The van der Waals surface area contributed by atoms with Gasteiger partial charge in [-0.2, -0.15) is 5.26 Å².